The predicted molar refractivity (Wildman–Crippen MR) is 143 cm³/mol. The number of carbonyl (C=O) groups is 3. The number of rotatable bonds is 7. The van der Waals surface area contributed by atoms with Crippen molar-refractivity contribution in [3.05, 3.63) is 82.5 Å². The minimum atomic E-state index is -0.432. The monoisotopic (exact) mass is 518 g/mol. The predicted octanol–water partition coefficient (Wildman–Crippen LogP) is 5.92. The minimum Gasteiger partial charge on any atom is -0.462 e. The standard InChI is InChI=1S/C28H26N2O6S/c1-5-34-26(32)18-9-8-10-19(15-18)29-28-30(4)25(31)24(37-28)16-20-13-14-23(36-20)21-11-6-7-12-22(21)27(33)35-17(2)3/h6-17H,5H2,1-4H3. The molecule has 3 aromatic rings. The van der Waals surface area contributed by atoms with Gasteiger partial charge in [-0.1, -0.05) is 24.3 Å². The van der Waals surface area contributed by atoms with Gasteiger partial charge in [-0.05, 0) is 68.9 Å². The SMILES string of the molecule is CCOC(=O)c1cccc(N=C2SC(=Cc3ccc(-c4ccccc4C(=O)OC(C)C)o3)C(=O)N2C)c1. The van der Waals surface area contributed by atoms with E-state index in [4.69, 9.17) is 13.9 Å². The molecule has 1 amide bonds. The zero-order valence-corrected chi connectivity index (χ0v) is 21.7. The Labute approximate surface area is 219 Å². The number of hydrogen-bond donors (Lipinski definition) is 0. The molecular formula is C28H26N2O6S. The van der Waals surface area contributed by atoms with Crippen LogP contribution in [0.5, 0.6) is 0 Å². The molecule has 0 saturated carbocycles. The summed E-state index contributed by atoms with van der Waals surface area (Å²) in [7, 11) is 1.63. The Morgan fingerprint density at radius 2 is 1.86 bits per heavy atom. The summed E-state index contributed by atoms with van der Waals surface area (Å²) in [4.78, 5) is 43.8. The number of benzene rings is 2. The van der Waals surface area contributed by atoms with Crippen molar-refractivity contribution in [3.8, 4) is 11.3 Å². The summed E-state index contributed by atoms with van der Waals surface area (Å²) in [5, 5.41) is 0.464. The van der Waals surface area contributed by atoms with Crippen molar-refractivity contribution in [2.45, 2.75) is 26.9 Å². The number of ether oxygens (including phenoxy) is 2. The number of furan rings is 1. The molecule has 8 nitrogen and oxygen atoms in total. The Hall–Kier alpha value is -4.11. The molecule has 0 radical (unpaired) electrons. The maximum atomic E-state index is 12.9. The van der Waals surface area contributed by atoms with Crippen molar-refractivity contribution in [2.75, 3.05) is 13.7 Å². The topological polar surface area (TPSA) is 98.4 Å². The van der Waals surface area contributed by atoms with Gasteiger partial charge in [0, 0.05) is 18.7 Å². The molecule has 1 saturated heterocycles. The van der Waals surface area contributed by atoms with Gasteiger partial charge in [0.1, 0.15) is 11.5 Å². The molecule has 1 fully saturated rings. The summed E-state index contributed by atoms with van der Waals surface area (Å²) in [5.41, 5.74) is 1.91. The van der Waals surface area contributed by atoms with E-state index < -0.39 is 11.9 Å². The van der Waals surface area contributed by atoms with Crippen molar-refractivity contribution in [3.63, 3.8) is 0 Å². The number of esters is 2. The van der Waals surface area contributed by atoms with Crippen molar-refractivity contribution in [2.24, 2.45) is 4.99 Å². The third kappa shape index (κ3) is 6.00. The van der Waals surface area contributed by atoms with E-state index in [0.717, 1.165) is 0 Å². The van der Waals surface area contributed by atoms with Crippen LogP contribution in [-0.4, -0.2) is 47.7 Å². The summed E-state index contributed by atoms with van der Waals surface area (Å²) in [6.45, 7) is 5.60. The fourth-order valence-electron chi connectivity index (χ4n) is 3.54. The lowest BCUT2D eigenvalue weighted by atomic mass is 10.1. The second kappa shape index (κ2) is 11.3. The number of thioether (sulfide) groups is 1. The van der Waals surface area contributed by atoms with Crippen molar-refractivity contribution < 1.29 is 28.3 Å². The number of amidine groups is 1. The van der Waals surface area contributed by atoms with Crippen LogP contribution in [-0.2, 0) is 14.3 Å². The summed E-state index contributed by atoms with van der Waals surface area (Å²) in [6.07, 6.45) is 1.39. The lowest BCUT2D eigenvalue weighted by molar-refractivity contribution is -0.121. The van der Waals surface area contributed by atoms with Crippen molar-refractivity contribution in [1.29, 1.82) is 0 Å². The van der Waals surface area contributed by atoms with E-state index in [0.29, 0.717) is 44.0 Å². The summed E-state index contributed by atoms with van der Waals surface area (Å²) >= 11 is 1.20. The third-order valence-electron chi connectivity index (χ3n) is 5.24. The molecule has 4 rings (SSSR count). The molecule has 0 N–H and O–H groups in total. The van der Waals surface area contributed by atoms with Gasteiger partial charge in [0.25, 0.3) is 5.91 Å². The van der Waals surface area contributed by atoms with Crippen LogP contribution in [0.1, 0.15) is 47.2 Å². The second-order valence-corrected chi connectivity index (χ2v) is 9.35. The van der Waals surface area contributed by atoms with E-state index in [9.17, 15) is 14.4 Å². The summed E-state index contributed by atoms with van der Waals surface area (Å²) in [6, 6.07) is 17.3. The molecule has 2 aromatic carbocycles. The number of aliphatic imine (C=N–C) groups is 1. The quantitative estimate of drug-likeness (QED) is 0.283. The maximum absolute atomic E-state index is 12.9. The Morgan fingerprint density at radius 1 is 1.08 bits per heavy atom. The van der Waals surface area contributed by atoms with E-state index in [1.54, 1.807) is 88.5 Å². The molecule has 190 valence electrons. The first kappa shape index (κ1) is 26.0. The average Bonchev–Trinajstić information content (AvgIpc) is 3.44. The van der Waals surface area contributed by atoms with Gasteiger partial charge >= 0.3 is 11.9 Å². The lowest BCUT2D eigenvalue weighted by Crippen LogP contribution is -2.23. The van der Waals surface area contributed by atoms with Gasteiger partial charge in [0.05, 0.1) is 34.4 Å². The molecule has 37 heavy (non-hydrogen) atoms. The van der Waals surface area contributed by atoms with Crippen molar-refractivity contribution in [1.82, 2.24) is 4.90 Å². The minimum absolute atomic E-state index is 0.232. The Kier molecular flexibility index (Phi) is 7.93. The molecule has 1 aromatic heterocycles. The first-order chi connectivity index (χ1) is 17.8. The fraction of sp³-hybridized carbons (Fsp3) is 0.214. The van der Waals surface area contributed by atoms with E-state index in [2.05, 4.69) is 4.99 Å². The van der Waals surface area contributed by atoms with Crippen LogP contribution >= 0.6 is 11.8 Å². The fourth-order valence-corrected chi connectivity index (χ4v) is 4.50. The molecule has 1 aliphatic heterocycles. The average molecular weight is 519 g/mol. The first-order valence-corrected chi connectivity index (χ1v) is 12.5. The Morgan fingerprint density at radius 3 is 2.62 bits per heavy atom. The van der Waals surface area contributed by atoms with Crippen LogP contribution in [0.3, 0.4) is 0 Å². The third-order valence-corrected chi connectivity index (χ3v) is 6.30. The van der Waals surface area contributed by atoms with Gasteiger partial charge < -0.3 is 13.9 Å². The van der Waals surface area contributed by atoms with Crippen LogP contribution in [0.2, 0.25) is 0 Å². The molecule has 9 heteroatoms. The van der Waals surface area contributed by atoms with Gasteiger partial charge in [0.15, 0.2) is 5.17 Å². The van der Waals surface area contributed by atoms with E-state index in [1.165, 1.54) is 16.7 Å². The Bertz CT molecular complexity index is 1400. The smallest absolute Gasteiger partial charge is 0.339 e. The highest BCUT2D eigenvalue weighted by Crippen LogP contribution is 2.35. The van der Waals surface area contributed by atoms with Gasteiger partial charge in [0.2, 0.25) is 0 Å². The summed E-state index contributed by atoms with van der Waals surface area (Å²) in [5.74, 6) is -0.156. The molecular weight excluding hydrogens is 492 g/mol. The number of nitrogens with zero attached hydrogens (tertiary/aromatic N) is 2. The van der Waals surface area contributed by atoms with Gasteiger partial charge in [-0.25, -0.2) is 14.6 Å². The summed E-state index contributed by atoms with van der Waals surface area (Å²) < 4.78 is 16.4. The zero-order valence-electron chi connectivity index (χ0n) is 20.9. The molecule has 0 atom stereocenters. The lowest BCUT2D eigenvalue weighted by Gasteiger charge is -2.10. The van der Waals surface area contributed by atoms with Gasteiger partial charge in [-0.2, -0.15) is 0 Å². The van der Waals surface area contributed by atoms with Crippen LogP contribution in [0.4, 0.5) is 5.69 Å². The molecule has 0 spiro atoms. The highest BCUT2D eigenvalue weighted by molar-refractivity contribution is 8.18. The Balaban J connectivity index is 1.57. The number of carbonyl (C=O) groups excluding carboxylic acids is 3. The normalized spacial score (nSPS) is 15.6. The molecule has 0 bridgehead atoms. The number of amides is 1. The van der Waals surface area contributed by atoms with Gasteiger partial charge in [-0.3, -0.25) is 9.69 Å². The van der Waals surface area contributed by atoms with E-state index >= 15 is 0 Å². The van der Waals surface area contributed by atoms with Crippen LogP contribution in [0.15, 0.2) is 75.0 Å². The van der Waals surface area contributed by atoms with Crippen LogP contribution < -0.4 is 0 Å². The molecule has 0 aliphatic carbocycles. The van der Waals surface area contributed by atoms with Gasteiger partial charge in [-0.15, -0.1) is 0 Å². The zero-order chi connectivity index (χ0) is 26.5. The largest absolute Gasteiger partial charge is 0.462 e. The molecule has 0 unspecified atom stereocenters. The van der Waals surface area contributed by atoms with Crippen molar-refractivity contribution >= 4 is 46.5 Å². The highest BCUT2D eigenvalue weighted by atomic mass is 32.2. The van der Waals surface area contributed by atoms with Crippen LogP contribution in [0, 0.1) is 0 Å². The van der Waals surface area contributed by atoms with E-state index in [-0.39, 0.29) is 18.6 Å². The first-order valence-electron chi connectivity index (χ1n) is 11.7. The second-order valence-electron chi connectivity index (χ2n) is 8.34. The number of likely N-dealkylation sites (N-methyl/N-ethyl adjacent to an activating group) is 1. The number of hydrogen-bond acceptors (Lipinski definition) is 8. The van der Waals surface area contributed by atoms with E-state index in [1.807, 2.05) is 6.07 Å². The highest BCUT2D eigenvalue weighted by Gasteiger charge is 2.31. The molecule has 1 aliphatic rings. The molecule has 2 heterocycles. The maximum Gasteiger partial charge on any atom is 0.339 e. The van der Waals surface area contributed by atoms with Crippen LogP contribution in [0.25, 0.3) is 17.4 Å².